The molecule has 0 saturated carbocycles. The molecule has 0 spiro atoms. The van der Waals surface area contributed by atoms with Gasteiger partial charge in [-0.15, -0.1) is 11.6 Å². The van der Waals surface area contributed by atoms with E-state index in [9.17, 15) is 13.2 Å². The van der Waals surface area contributed by atoms with Gasteiger partial charge in [0.1, 0.15) is 0 Å². The van der Waals surface area contributed by atoms with Crippen molar-refractivity contribution < 1.29 is 13.2 Å². The molecule has 0 bridgehead atoms. The summed E-state index contributed by atoms with van der Waals surface area (Å²) < 4.78 is 25.7. The van der Waals surface area contributed by atoms with Gasteiger partial charge in [-0.25, -0.2) is 13.2 Å². The fraction of sp³-hybridized carbons (Fsp3) is 0.909. The normalized spacial score (nSPS) is 19.2. The van der Waals surface area contributed by atoms with Gasteiger partial charge in [-0.3, -0.25) is 0 Å². The second-order valence-electron chi connectivity index (χ2n) is 4.76. The van der Waals surface area contributed by atoms with Gasteiger partial charge in [0.2, 0.25) is 10.0 Å². The van der Waals surface area contributed by atoms with Crippen molar-refractivity contribution in [3.63, 3.8) is 0 Å². The minimum atomic E-state index is -3.27. The Balaban J connectivity index is 2.51. The van der Waals surface area contributed by atoms with Crippen LogP contribution < -0.4 is 5.32 Å². The van der Waals surface area contributed by atoms with E-state index >= 15 is 0 Å². The molecular weight excluding hydrogens is 290 g/mol. The number of rotatable bonds is 5. The number of sulfonamides is 1. The fourth-order valence-corrected chi connectivity index (χ4v) is 3.95. The number of halogens is 1. The predicted octanol–water partition coefficient (Wildman–Crippen LogP) is 0.538. The largest absolute Gasteiger partial charge is 0.338 e. The SMILES string of the molecule is CCNC(=O)N1CCN(S(=O)(=O)CC(C)CCl)CC1. The Bertz CT molecular complexity index is 394. The molecule has 1 N–H and O–H groups in total. The monoisotopic (exact) mass is 311 g/mol. The number of hydrogen-bond donors (Lipinski definition) is 1. The highest BCUT2D eigenvalue weighted by atomic mass is 35.5. The second kappa shape index (κ2) is 7.31. The number of nitrogens with one attached hydrogen (secondary N) is 1. The van der Waals surface area contributed by atoms with Crippen LogP contribution in [0.5, 0.6) is 0 Å². The molecule has 19 heavy (non-hydrogen) atoms. The first-order valence-electron chi connectivity index (χ1n) is 6.47. The first-order chi connectivity index (χ1) is 8.90. The molecule has 6 nitrogen and oxygen atoms in total. The Hall–Kier alpha value is -0.530. The molecule has 1 rings (SSSR count). The molecule has 0 aliphatic carbocycles. The summed E-state index contributed by atoms with van der Waals surface area (Å²) in [5.41, 5.74) is 0. The summed E-state index contributed by atoms with van der Waals surface area (Å²) in [6, 6.07) is -0.131. The highest BCUT2D eigenvalue weighted by molar-refractivity contribution is 7.89. The van der Waals surface area contributed by atoms with Crippen molar-refractivity contribution >= 4 is 27.7 Å². The standard InChI is InChI=1S/C11H22ClN3O3S/c1-3-13-11(16)14-4-6-15(7-5-14)19(17,18)9-10(2)8-12/h10H,3-9H2,1-2H3,(H,13,16). The lowest BCUT2D eigenvalue weighted by molar-refractivity contribution is 0.172. The summed E-state index contributed by atoms with van der Waals surface area (Å²) in [4.78, 5) is 13.2. The zero-order chi connectivity index (χ0) is 14.5. The van der Waals surface area contributed by atoms with E-state index in [1.165, 1.54) is 4.31 Å². The van der Waals surface area contributed by atoms with Crippen molar-refractivity contribution in [1.82, 2.24) is 14.5 Å². The third-order valence-corrected chi connectivity index (χ3v) is 5.67. The lowest BCUT2D eigenvalue weighted by Crippen LogP contribution is -2.53. The van der Waals surface area contributed by atoms with E-state index in [0.717, 1.165) is 0 Å². The number of amides is 2. The molecular formula is C11H22ClN3O3S. The molecule has 1 aliphatic heterocycles. The van der Waals surface area contributed by atoms with Crippen molar-refractivity contribution in [3.8, 4) is 0 Å². The minimum absolute atomic E-state index is 0.0620. The maximum absolute atomic E-state index is 12.1. The molecule has 2 amide bonds. The Morgan fingerprint density at radius 1 is 1.32 bits per heavy atom. The summed E-state index contributed by atoms with van der Waals surface area (Å²) >= 11 is 5.65. The maximum Gasteiger partial charge on any atom is 0.317 e. The van der Waals surface area contributed by atoms with E-state index in [0.29, 0.717) is 38.6 Å². The second-order valence-corrected chi connectivity index (χ2v) is 7.08. The average molecular weight is 312 g/mol. The zero-order valence-corrected chi connectivity index (χ0v) is 13.0. The summed E-state index contributed by atoms with van der Waals surface area (Å²) in [6.07, 6.45) is 0. The van der Waals surface area contributed by atoms with E-state index in [-0.39, 0.29) is 17.7 Å². The highest BCUT2D eigenvalue weighted by Gasteiger charge is 2.29. The topological polar surface area (TPSA) is 69.7 Å². The van der Waals surface area contributed by atoms with Gasteiger partial charge in [0.05, 0.1) is 5.75 Å². The molecule has 1 fully saturated rings. The average Bonchev–Trinajstić information content (AvgIpc) is 2.38. The van der Waals surface area contributed by atoms with Gasteiger partial charge < -0.3 is 10.2 Å². The molecule has 1 heterocycles. The van der Waals surface area contributed by atoms with E-state index in [1.54, 1.807) is 4.90 Å². The zero-order valence-electron chi connectivity index (χ0n) is 11.4. The smallest absolute Gasteiger partial charge is 0.317 e. The molecule has 1 unspecified atom stereocenters. The van der Waals surface area contributed by atoms with Gasteiger partial charge in [0.15, 0.2) is 0 Å². The molecule has 1 saturated heterocycles. The number of carbonyl (C=O) groups is 1. The molecule has 8 heteroatoms. The molecule has 1 aliphatic rings. The molecule has 0 aromatic rings. The first-order valence-corrected chi connectivity index (χ1v) is 8.61. The van der Waals surface area contributed by atoms with E-state index in [2.05, 4.69) is 5.32 Å². The van der Waals surface area contributed by atoms with Crippen LogP contribution in [0.4, 0.5) is 4.79 Å². The van der Waals surface area contributed by atoms with Crippen LogP contribution in [0.1, 0.15) is 13.8 Å². The van der Waals surface area contributed by atoms with Gasteiger partial charge >= 0.3 is 6.03 Å². The molecule has 0 aromatic heterocycles. The van der Waals surface area contributed by atoms with Crippen molar-refractivity contribution in [2.75, 3.05) is 44.4 Å². The number of alkyl halides is 1. The van der Waals surface area contributed by atoms with Crippen LogP contribution in [-0.2, 0) is 10.0 Å². The summed E-state index contributed by atoms with van der Waals surface area (Å²) in [5, 5.41) is 2.71. The summed E-state index contributed by atoms with van der Waals surface area (Å²) in [7, 11) is -3.27. The van der Waals surface area contributed by atoms with E-state index in [1.807, 2.05) is 13.8 Å². The van der Waals surface area contributed by atoms with Gasteiger partial charge in [-0.05, 0) is 12.8 Å². The Morgan fingerprint density at radius 2 is 1.89 bits per heavy atom. The lowest BCUT2D eigenvalue weighted by Gasteiger charge is -2.34. The maximum atomic E-state index is 12.1. The van der Waals surface area contributed by atoms with Crippen molar-refractivity contribution in [2.45, 2.75) is 13.8 Å². The Morgan fingerprint density at radius 3 is 2.37 bits per heavy atom. The van der Waals surface area contributed by atoms with Crippen LogP contribution in [0.25, 0.3) is 0 Å². The predicted molar refractivity (Wildman–Crippen MR) is 75.9 cm³/mol. The van der Waals surface area contributed by atoms with Crippen molar-refractivity contribution in [2.24, 2.45) is 5.92 Å². The van der Waals surface area contributed by atoms with Crippen LogP contribution in [-0.4, -0.2) is 68.0 Å². The van der Waals surface area contributed by atoms with Crippen LogP contribution in [0, 0.1) is 5.92 Å². The molecule has 0 aromatic carbocycles. The van der Waals surface area contributed by atoms with Crippen LogP contribution in [0.15, 0.2) is 0 Å². The highest BCUT2D eigenvalue weighted by Crippen LogP contribution is 2.12. The number of urea groups is 1. The fourth-order valence-electron chi connectivity index (χ4n) is 1.94. The summed E-state index contributed by atoms with van der Waals surface area (Å²) in [6.45, 7) is 5.82. The van der Waals surface area contributed by atoms with Gasteiger partial charge in [0.25, 0.3) is 0 Å². The number of piperazine rings is 1. The molecule has 1 atom stereocenters. The van der Waals surface area contributed by atoms with Crippen LogP contribution in [0.2, 0.25) is 0 Å². The summed E-state index contributed by atoms with van der Waals surface area (Å²) in [5.74, 6) is 0.337. The molecule has 0 radical (unpaired) electrons. The van der Waals surface area contributed by atoms with Gasteiger partial charge in [-0.2, -0.15) is 4.31 Å². The number of carbonyl (C=O) groups excluding carboxylic acids is 1. The Labute approximate surface area is 120 Å². The van der Waals surface area contributed by atoms with Crippen LogP contribution in [0.3, 0.4) is 0 Å². The van der Waals surface area contributed by atoms with Crippen molar-refractivity contribution in [1.29, 1.82) is 0 Å². The lowest BCUT2D eigenvalue weighted by atomic mass is 10.3. The third-order valence-electron chi connectivity index (χ3n) is 3.01. The number of nitrogens with zero attached hydrogens (tertiary/aromatic N) is 2. The van der Waals surface area contributed by atoms with Crippen molar-refractivity contribution in [3.05, 3.63) is 0 Å². The van der Waals surface area contributed by atoms with E-state index < -0.39 is 10.0 Å². The quantitative estimate of drug-likeness (QED) is 0.753. The van der Waals surface area contributed by atoms with Gasteiger partial charge in [-0.1, -0.05) is 6.92 Å². The number of hydrogen-bond acceptors (Lipinski definition) is 3. The van der Waals surface area contributed by atoms with Crippen LogP contribution >= 0.6 is 11.6 Å². The Kier molecular flexibility index (Phi) is 6.35. The van der Waals surface area contributed by atoms with E-state index in [4.69, 9.17) is 11.6 Å². The third kappa shape index (κ3) is 4.81. The van der Waals surface area contributed by atoms with Gasteiger partial charge in [0, 0.05) is 38.6 Å². The minimum Gasteiger partial charge on any atom is -0.338 e. The molecule has 112 valence electrons. The first kappa shape index (κ1) is 16.5.